The Hall–Kier alpha value is -3.32. The molecule has 0 spiro atoms. The molecule has 0 saturated carbocycles. The van der Waals surface area contributed by atoms with E-state index in [1.807, 2.05) is 30.3 Å². The third-order valence-corrected chi connectivity index (χ3v) is 4.93. The van der Waals surface area contributed by atoms with Crippen molar-refractivity contribution in [3.05, 3.63) is 81.8 Å². The fourth-order valence-corrected chi connectivity index (χ4v) is 3.45. The van der Waals surface area contributed by atoms with Crippen molar-refractivity contribution >= 4 is 28.2 Å². The number of nitrogens with one attached hydrogen (secondary N) is 1. The van der Waals surface area contributed by atoms with Gasteiger partial charge in [0.25, 0.3) is 5.56 Å². The van der Waals surface area contributed by atoms with E-state index >= 15 is 0 Å². The highest BCUT2D eigenvalue weighted by atomic mass is 32.1. The van der Waals surface area contributed by atoms with Gasteiger partial charge in [0.15, 0.2) is 17.6 Å². The molecule has 7 heteroatoms. The van der Waals surface area contributed by atoms with E-state index in [0.717, 1.165) is 10.6 Å². The van der Waals surface area contributed by atoms with E-state index < -0.39 is 12.1 Å². The summed E-state index contributed by atoms with van der Waals surface area (Å²) in [5.74, 6) is -0.262. The summed E-state index contributed by atoms with van der Waals surface area (Å²) in [6.07, 6.45) is -0.711. The zero-order valence-electron chi connectivity index (χ0n) is 14.4. The Kier molecular flexibility index (Phi) is 4.52. The van der Waals surface area contributed by atoms with Crippen LogP contribution in [0.25, 0.3) is 21.5 Å². The molecule has 6 nitrogen and oxygen atoms in total. The van der Waals surface area contributed by atoms with Gasteiger partial charge in [-0.25, -0.2) is 14.8 Å². The van der Waals surface area contributed by atoms with Crippen LogP contribution < -0.4 is 5.56 Å². The Morgan fingerprint density at radius 2 is 1.81 bits per heavy atom. The van der Waals surface area contributed by atoms with Crippen LogP contribution in [-0.2, 0) is 4.74 Å². The maximum Gasteiger partial charge on any atom is 0.358 e. The van der Waals surface area contributed by atoms with Crippen LogP contribution in [0.2, 0.25) is 0 Å². The monoisotopic (exact) mass is 377 g/mol. The molecule has 0 aliphatic carbocycles. The number of aromatic nitrogens is 3. The van der Waals surface area contributed by atoms with Crippen molar-refractivity contribution in [3.8, 4) is 10.6 Å². The fraction of sp³-hybridized carbons (Fsp3) is 0.100. The van der Waals surface area contributed by atoms with Crippen LogP contribution in [0.1, 0.15) is 29.3 Å². The Balaban J connectivity index is 1.55. The van der Waals surface area contributed by atoms with E-state index in [2.05, 4.69) is 15.0 Å². The van der Waals surface area contributed by atoms with Gasteiger partial charge in [-0.05, 0) is 19.1 Å². The summed E-state index contributed by atoms with van der Waals surface area (Å²) in [6.45, 7) is 1.66. The zero-order valence-corrected chi connectivity index (χ0v) is 15.2. The normalized spacial score (nSPS) is 12.0. The maximum atomic E-state index is 12.4. The molecule has 0 aliphatic heterocycles. The summed E-state index contributed by atoms with van der Waals surface area (Å²) in [4.78, 5) is 36.0. The molecule has 0 bridgehead atoms. The molecule has 134 valence electrons. The van der Waals surface area contributed by atoms with Gasteiger partial charge in [-0.1, -0.05) is 42.5 Å². The Morgan fingerprint density at radius 1 is 1.07 bits per heavy atom. The third-order valence-electron chi connectivity index (χ3n) is 4.03. The van der Waals surface area contributed by atoms with Gasteiger partial charge in [-0.3, -0.25) is 4.79 Å². The minimum atomic E-state index is -0.711. The molecule has 1 atom stereocenters. The summed E-state index contributed by atoms with van der Waals surface area (Å²) < 4.78 is 5.45. The van der Waals surface area contributed by atoms with Gasteiger partial charge in [0.05, 0.1) is 10.9 Å². The highest BCUT2D eigenvalue weighted by molar-refractivity contribution is 7.13. The van der Waals surface area contributed by atoms with Gasteiger partial charge in [0.1, 0.15) is 5.01 Å². The van der Waals surface area contributed by atoms with Crippen molar-refractivity contribution in [3.63, 3.8) is 0 Å². The first-order valence-corrected chi connectivity index (χ1v) is 9.20. The average Bonchev–Trinajstić information content (AvgIpc) is 3.19. The molecule has 0 aliphatic rings. The Labute approximate surface area is 158 Å². The van der Waals surface area contributed by atoms with E-state index in [0.29, 0.717) is 16.7 Å². The second kappa shape index (κ2) is 7.13. The van der Waals surface area contributed by atoms with Crippen LogP contribution in [0, 0.1) is 0 Å². The number of esters is 1. The number of para-hydroxylation sites is 1. The van der Waals surface area contributed by atoms with Gasteiger partial charge in [-0.15, -0.1) is 11.3 Å². The van der Waals surface area contributed by atoms with E-state index in [1.165, 1.54) is 11.3 Å². The summed E-state index contributed by atoms with van der Waals surface area (Å²) in [5, 5.41) is 2.90. The maximum absolute atomic E-state index is 12.4. The molecule has 2 aromatic carbocycles. The predicted molar refractivity (Wildman–Crippen MR) is 104 cm³/mol. The number of nitrogens with zero attached hydrogens (tertiary/aromatic N) is 2. The zero-order chi connectivity index (χ0) is 18.8. The van der Waals surface area contributed by atoms with Gasteiger partial charge in [-0.2, -0.15) is 0 Å². The lowest BCUT2D eigenvalue weighted by Gasteiger charge is -2.12. The van der Waals surface area contributed by atoms with Crippen molar-refractivity contribution in [2.45, 2.75) is 13.0 Å². The fourth-order valence-electron chi connectivity index (χ4n) is 2.65. The van der Waals surface area contributed by atoms with Crippen LogP contribution in [0.15, 0.2) is 64.8 Å². The number of fused-ring (bicyclic) bond motifs is 1. The summed E-state index contributed by atoms with van der Waals surface area (Å²) >= 11 is 1.37. The number of hydrogen-bond donors (Lipinski definition) is 1. The number of benzene rings is 2. The number of rotatable bonds is 4. The topological polar surface area (TPSA) is 84.9 Å². The average molecular weight is 377 g/mol. The number of carbonyl (C=O) groups is 1. The third kappa shape index (κ3) is 3.50. The number of ether oxygens (including phenoxy) is 1. The number of aromatic amines is 1. The molecule has 2 aromatic heterocycles. The highest BCUT2D eigenvalue weighted by Gasteiger charge is 2.19. The van der Waals surface area contributed by atoms with Gasteiger partial charge in [0.2, 0.25) is 0 Å². The molecule has 1 N–H and O–H groups in total. The minimum Gasteiger partial charge on any atom is -0.450 e. The predicted octanol–water partition coefficient (Wildman–Crippen LogP) is 3.96. The molecular formula is C20H15N3O3S. The number of carbonyl (C=O) groups excluding carboxylic acids is 1. The second-order valence-electron chi connectivity index (χ2n) is 5.92. The SMILES string of the molecule is CC(OC(=O)c1csc(-c2ccccc2)n1)c1nc2ccccc2c(=O)[nH]1. The number of hydrogen-bond acceptors (Lipinski definition) is 6. The van der Waals surface area contributed by atoms with Gasteiger partial charge < -0.3 is 9.72 Å². The Morgan fingerprint density at radius 3 is 2.63 bits per heavy atom. The molecule has 2 heterocycles. The molecule has 0 radical (unpaired) electrons. The van der Waals surface area contributed by atoms with Crippen LogP contribution in [0.4, 0.5) is 0 Å². The molecule has 0 amide bonds. The lowest BCUT2D eigenvalue weighted by Crippen LogP contribution is -2.17. The van der Waals surface area contributed by atoms with Gasteiger partial charge >= 0.3 is 5.97 Å². The van der Waals surface area contributed by atoms with E-state index in [-0.39, 0.29) is 11.3 Å². The van der Waals surface area contributed by atoms with Crippen LogP contribution in [0.5, 0.6) is 0 Å². The lowest BCUT2D eigenvalue weighted by atomic mass is 10.2. The quantitative estimate of drug-likeness (QED) is 0.544. The van der Waals surface area contributed by atoms with Crippen molar-refractivity contribution < 1.29 is 9.53 Å². The standard InChI is InChI=1S/C20H15N3O3S/c1-12(17-21-15-10-6-5-9-14(15)18(24)23-17)26-20(25)16-11-27-19(22-16)13-7-3-2-4-8-13/h2-12H,1H3,(H,21,23,24). The van der Waals surface area contributed by atoms with Gasteiger partial charge in [0, 0.05) is 10.9 Å². The van der Waals surface area contributed by atoms with E-state index in [4.69, 9.17) is 4.74 Å². The second-order valence-corrected chi connectivity index (χ2v) is 6.78. The van der Waals surface area contributed by atoms with E-state index in [9.17, 15) is 9.59 Å². The number of thiazole rings is 1. The molecule has 27 heavy (non-hydrogen) atoms. The van der Waals surface area contributed by atoms with Crippen molar-refractivity contribution in [2.24, 2.45) is 0 Å². The first kappa shape index (κ1) is 17.1. The summed E-state index contributed by atoms with van der Waals surface area (Å²) in [6, 6.07) is 16.6. The first-order valence-electron chi connectivity index (χ1n) is 8.33. The van der Waals surface area contributed by atoms with E-state index in [1.54, 1.807) is 36.6 Å². The molecular weight excluding hydrogens is 362 g/mol. The molecule has 4 rings (SSSR count). The van der Waals surface area contributed by atoms with Crippen molar-refractivity contribution in [1.82, 2.24) is 15.0 Å². The first-order chi connectivity index (χ1) is 13.1. The molecule has 0 saturated heterocycles. The van der Waals surface area contributed by atoms with Crippen molar-refractivity contribution in [2.75, 3.05) is 0 Å². The smallest absolute Gasteiger partial charge is 0.358 e. The van der Waals surface area contributed by atoms with Crippen molar-refractivity contribution in [1.29, 1.82) is 0 Å². The molecule has 0 fully saturated rings. The minimum absolute atomic E-state index is 0.230. The molecule has 4 aromatic rings. The lowest BCUT2D eigenvalue weighted by molar-refractivity contribution is 0.0314. The largest absolute Gasteiger partial charge is 0.450 e. The molecule has 1 unspecified atom stereocenters. The van der Waals surface area contributed by atoms with Crippen LogP contribution in [0.3, 0.4) is 0 Å². The highest BCUT2D eigenvalue weighted by Crippen LogP contribution is 2.24. The van der Waals surface area contributed by atoms with Crippen LogP contribution in [-0.4, -0.2) is 20.9 Å². The Bertz CT molecular complexity index is 1170. The summed E-state index contributed by atoms with van der Waals surface area (Å²) in [7, 11) is 0. The number of H-pyrrole nitrogens is 1. The summed E-state index contributed by atoms with van der Waals surface area (Å²) in [5.41, 5.74) is 1.46. The van der Waals surface area contributed by atoms with Crippen LogP contribution >= 0.6 is 11.3 Å².